The van der Waals surface area contributed by atoms with Gasteiger partial charge < -0.3 is 0 Å². The third-order valence-electron chi connectivity index (χ3n) is 8.50. The Hall–Kier alpha value is -5.71. The molecule has 0 aliphatic carbocycles. The van der Waals surface area contributed by atoms with Crippen LogP contribution in [0.25, 0.3) is 87.0 Å². The summed E-state index contributed by atoms with van der Waals surface area (Å²) in [6, 6.07) is 53.3. The number of benzene rings is 7. The third-order valence-corrected chi connectivity index (χ3v) is 9.69. The highest BCUT2D eigenvalue weighted by Crippen LogP contribution is 2.42. The van der Waals surface area contributed by atoms with E-state index in [0.717, 1.165) is 22.3 Å². The second-order valence-electron chi connectivity index (χ2n) is 11.3. The van der Waals surface area contributed by atoms with Crippen molar-refractivity contribution in [1.29, 1.82) is 0 Å². The molecule has 9 aromatic rings. The Morgan fingerprint density at radius 1 is 0.356 bits per heavy atom. The Morgan fingerprint density at radius 3 is 1.67 bits per heavy atom. The highest BCUT2D eigenvalue weighted by Gasteiger charge is 2.15. The number of hydrogen-bond acceptors (Lipinski definition) is 4. The number of thiophene rings is 1. The van der Waals surface area contributed by atoms with Gasteiger partial charge in [0.15, 0.2) is 17.5 Å². The molecule has 0 amide bonds. The van der Waals surface area contributed by atoms with Gasteiger partial charge >= 0.3 is 0 Å². The van der Waals surface area contributed by atoms with E-state index in [-0.39, 0.29) is 0 Å². The summed E-state index contributed by atoms with van der Waals surface area (Å²) < 4.78 is 2.63. The summed E-state index contributed by atoms with van der Waals surface area (Å²) in [5.41, 5.74) is 5.18. The minimum Gasteiger partial charge on any atom is -0.208 e. The zero-order chi connectivity index (χ0) is 29.7. The van der Waals surface area contributed by atoms with Gasteiger partial charge in [0.2, 0.25) is 0 Å². The lowest BCUT2D eigenvalue weighted by atomic mass is 9.98. The van der Waals surface area contributed by atoms with Gasteiger partial charge in [0.05, 0.1) is 0 Å². The van der Waals surface area contributed by atoms with E-state index in [1.807, 2.05) is 72.0 Å². The van der Waals surface area contributed by atoms with E-state index in [0.29, 0.717) is 17.5 Å². The van der Waals surface area contributed by atoms with Crippen LogP contribution < -0.4 is 0 Å². The first-order valence-corrected chi connectivity index (χ1v) is 15.8. The average molecular weight is 592 g/mol. The first-order valence-electron chi connectivity index (χ1n) is 15.0. The summed E-state index contributed by atoms with van der Waals surface area (Å²) in [6.45, 7) is 0. The Bertz CT molecular complexity index is 2480. The van der Waals surface area contributed by atoms with Crippen LogP contribution in [0.3, 0.4) is 0 Å². The molecule has 0 aliphatic rings. The van der Waals surface area contributed by atoms with Crippen molar-refractivity contribution in [2.45, 2.75) is 0 Å². The van der Waals surface area contributed by atoms with E-state index in [2.05, 4.69) is 91.0 Å². The van der Waals surface area contributed by atoms with Gasteiger partial charge in [-0.2, -0.15) is 0 Å². The molecule has 9 rings (SSSR count). The Balaban J connectivity index is 1.18. The zero-order valence-electron chi connectivity index (χ0n) is 24.2. The standard InChI is InChI=1S/C41H25N3S/c1-3-11-28(12-4-1)39-42-40(29-13-5-2-6-14-29)44-41(43-39)32-16-9-15-30(24-32)31-21-22-34-35-23-20-27-19-18-26-10-7-8-17-33(26)37(27)38(35)45-36(34)25-31/h1-25H. The molecule has 0 saturated carbocycles. The Kier molecular flexibility index (Phi) is 6.00. The maximum absolute atomic E-state index is 4.95. The molecular weight excluding hydrogens is 567 g/mol. The molecule has 0 atom stereocenters. The van der Waals surface area contributed by atoms with E-state index in [4.69, 9.17) is 15.0 Å². The molecule has 3 nitrogen and oxygen atoms in total. The molecule has 0 radical (unpaired) electrons. The van der Waals surface area contributed by atoms with Crippen LogP contribution in [0.4, 0.5) is 0 Å². The smallest absolute Gasteiger partial charge is 0.164 e. The Labute approximate surface area is 264 Å². The molecule has 0 N–H and O–H groups in total. The monoisotopic (exact) mass is 591 g/mol. The minimum atomic E-state index is 0.658. The van der Waals surface area contributed by atoms with Crippen LogP contribution in [0.5, 0.6) is 0 Å². The lowest BCUT2D eigenvalue weighted by molar-refractivity contribution is 1.07. The molecule has 0 fully saturated rings. The molecule has 2 aromatic heterocycles. The Morgan fingerprint density at radius 2 is 0.911 bits per heavy atom. The van der Waals surface area contributed by atoms with E-state index >= 15 is 0 Å². The maximum atomic E-state index is 4.95. The quantitative estimate of drug-likeness (QED) is 0.191. The number of rotatable bonds is 4. The average Bonchev–Trinajstić information content (AvgIpc) is 3.50. The normalized spacial score (nSPS) is 11.6. The van der Waals surface area contributed by atoms with Crippen LogP contribution >= 0.6 is 11.3 Å². The van der Waals surface area contributed by atoms with Gasteiger partial charge in [-0.25, -0.2) is 15.0 Å². The lowest BCUT2D eigenvalue weighted by Gasteiger charge is -2.09. The van der Waals surface area contributed by atoms with Gasteiger partial charge in [0, 0.05) is 42.2 Å². The second kappa shape index (κ2) is 10.5. The molecule has 0 bridgehead atoms. The predicted molar refractivity (Wildman–Crippen MR) is 189 cm³/mol. The van der Waals surface area contributed by atoms with E-state index in [1.165, 1.54) is 47.3 Å². The molecule has 0 spiro atoms. The topological polar surface area (TPSA) is 38.7 Å². The minimum absolute atomic E-state index is 0.658. The summed E-state index contributed by atoms with van der Waals surface area (Å²) >= 11 is 1.88. The second-order valence-corrected chi connectivity index (χ2v) is 12.3. The van der Waals surface area contributed by atoms with Crippen molar-refractivity contribution >= 4 is 53.1 Å². The van der Waals surface area contributed by atoms with Crippen LogP contribution in [0, 0.1) is 0 Å². The molecule has 4 heteroatoms. The molecular formula is C41H25N3S. The van der Waals surface area contributed by atoms with Gasteiger partial charge in [-0.05, 0) is 39.4 Å². The van der Waals surface area contributed by atoms with Crippen LogP contribution in [0.1, 0.15) is 0 Å². The van der Waals surface area contributed by atoms with Crippen molar-refractivity contribution in [3.05, 3.63) is 152 Å². The van der Waals surface area contributed by atoms with Gasteiger partial charge in [-0.3, -0.25) is 0 Å². The van der Waals surface area contributed by atoms with E-state index in [9.17, 15) is 0 Å². The highest BCUT2D eigenvalue weighted by atomic mass is 32.1. The van der Waals surface area contributed by atoms with Crippen LogP contribution in [0.15, 0.2) is 152 Å². The fraction of sp³-hybridized carbons (Fsp3) is 0. The van der Waals surface area contributed by atoms with Crippen molar-refractivity contribution in [2.75, 3.05) is 0 Å². The summed E-state index contributed by atoms with van der Waals surface area (Å²) in [5.74, 6) is 1.98. The van der Waals surface area contributed by atoms with Crippen LogP contribution in [-0.4, -0.2) is 15.0 Å². The van der Waals surface area contributed by atoms with Crippen molar-refractivity contribution in [3.63, 3.8) is 0 Å². The first kappa shape index (κ1) is 25.8. The van der Waals surface area contributed by atoms with Gasteiger partial charge in [-0.15, -0.1) is 11.3 Å². The first-order chi connectivity index (χ1) is 22.3. The predicted octanol–water partition coefficient (Wildman–Crippen LogP) is 11.2. The number of nitrogens with zero attached hydrogens (tertiary/aromatic N) is 3. The van der Waals surface area contributed by atoms with Gasteiger partial charge in [0.1, 0.15) is 0 Å². The van der Waals surface area contributed by atoms with E-state index in [1.54, 1.807) is 0 Å². The zero-order valence-corrected chi connectivity index (χ0v) is 25.0. The van der Waals surface area contributed by atoms with Gasteiger partial charge in [0.25, 0.3) is 0 Å². The number of aromatic nitrogens is 3. The van der Waals surface area contributed by atoms with Crippen molar-refractivity contribution in [2.24, 2.45) is 0 Å². The third kappa shape index (κ3) is 4.46. The summed E-state index contributed by atoms with van der Waals surface area (Å²) in [7, 11) is 0. The lowest BCUT2D eigenvalue weighted by Crippen LogP contribution is -2.00. The molecule has 0 aliphatic heterocycles. The summed E-state index contributed by atoms with van der Waals surface area (Å²) in [5, 5.41) is 7.81. The van der Waals surface area contributed by atoms with Crippen molar-refractivity contribution in [3.8, 4) is 45.3 Å². The van der Waals surface area contributed by atoms with Gasteiger partial charge in [-0.1, -0.05) is 140 Å². The molecule has 0 saturated heterocycles. The molecule has 0 unspecified atom stereocenters. The van der Waals surface area contributed by atoms with Crippen LogP contribution in [-0.2, 0) is 0 Å². The number of fused-ring (bicyclic) bond motifs is 7. The molecule has 45 heavy (non-hydrogen) atoms. The highest BCUT2D eigenvalue weighted by molar-refractivity contribution is 7.26. The summed E-state index contributed by atoms with van der Waals surface area (Å²) in [6.07, 6.45) is 0. The maximum Gasteiger partial charge on any atom is 0.164 e. The molecule has 210 valence electrons. The van der Waals surface area contributed by atoms with Crippen LogP contribution in [0.2, 0.25) is 0 Å². The van der Waals surface area contributed by atoms with E-state index < -0.39 is 0 Å². The van der Waals surface area contributed by atoms with Crippen molar-refractivity contribution < 1.29 is 0 Å². The molecule has 7 aromatic carbocycles. The largest absolute Gasteiger partial charge is 0.208 e. The molecule has 2 heterocycles. The SMILES string of the molecule is c1ccc(-c2nc(-c3ccccc3)nc(-c3cccc(-c4ccc5c(c4)sc4c5ccc5ccc6ccccc6c54)c3)n2)cc1. The summed E-state index contributed by atoms with van der Waals surface area (Å²) in [4.78, 5) is 14.7. The fourth-order valence-corrected chi connectivity index (χ4v) is 7.59. The fourth-order valence-electron chi connectivity index (χ4n) is 6.28. The number of hydrogen-bond donors (Lipinski definition) is 0. The van der Waals surface area contributed by atoms with Crippen molar-refractivity contribution in [1.82, 2.24) is 15.0 Å².